The number of methoxy groups -OCH3 is 1. The van der Waals surface area contributed by atoms with Crippen molar-refractivity contribution < 1.29 is 13.9 Å². The fraction of sp³-hybridized carbons (Fsp3) is 0.600. The first-order chi connectivity index (χ1) is 20.5. The zero-order valence-electron chi connectivity index (χ0n) is 27.6. The maximum absolute atomic E-state index is 14.5. The Labute approximate surface area is 258 Å². The molecular formula is C35H52FN5O2. The maximum Gasteiger partial charge on any atom is 0.256 e. The van der Waals surface area contributed by atoms with E-state index in [1.165, 1.54) is 42.3 Å². The zero-order valence-corrected chi connectivity index (χ0v) is 27.6. The molecule has 1 aromatic carbocycles. The average molecular weight is 594 g/mol. The van der Waals surface area contributed by atoms with Crippen LogP contribution in [-0.2, 0) is 11.2 Å². The predicted molar refractivity (Wildman–Crippen MR) is 174 cm³/mol. The number of hydrogen-bond donors (Lipinski definition) is 0. The van der Waals surface area contributed by atoms with E-state index in [1.54, 1.807) is 25.1 Å². The van der Waals surface area contributed by atoms with Crippen LogP contribution in [-0.4, -0.2) is 96.2 Å². The Hall–Kier alpha value is -2.81. The molecule has 2 aromatic heterocycles. The van der Waals surface area contributed by atoms with Crippen LogP contribution >= 0.6 is 0 Å². The van der Waals surface area contributed by atoms with Crippen LogP contribution in [0.1, 0.15) is 68.4 Å². The number of likely N-dealkylation sites (N-methyl/N-ethyl adjacent to an activating group) is 1. The van der Waals surface area contributed by atoms with Crippen molar-refractivity contribution >= 4 is 16.8 Å². The topological polar surface area (TPSA) is 53.8 Å². The highest BCUT2D eigenvalue weighted by atomic mass is 19.1. The van der Waals surface area contributed by atoms with Crippen LogP contribution in [0.5, 0.6) is 0 Å². The lowest BCUT2D eigenvalue weighted by Crippen LogP contribution is -2.38. The number of aryl methyl sites for hydroxylation is 1. The Balaban J connectivity index is 1.56. The summed E-state index contributed by atoms with van der Waals surface area (Å²) in [4.78, 5) is 24.7. The summed E-state index contributed by atoms with van der Waals surface area (Å²) in [5, 5.41) is 1.19. The summed E-state index contributed by atoms with van der Waals surface area (Å²) in [6.45, 7) is 15.8. The molecule has 1 fully saturated rings. The summed E-state index contributed by atoms with van der Waals surface area (Å²) in [5.74, 6) is 0.558. The fourth-order valence-electron chi connectivity index (χ4n) is 6.62. The van der Waals surface area contributed by atoms with Gasteiger partial charge in [0.1, 0.15) is 5.82 Å². The molecule has 0 spiro atoms. The van der Waals surface area contributed by atoms with Gasteiger partial charge >= 0.3 is 0 Å². The molecule has 0 radical (unpaired) electrons. The van der Waals surface area contributed by atoms with Crippen LogP contribution in [0.2, 0.25) is 0 Å². The molecule has 4 rings (SSSR count). The molecule has 3 heterocycles. The minimum atomic E-state index is -0.414. The molecule has 0 N–H and O–H groups in total. The number of amides is 1. The first-order valence-electron chi connectivity index (χ1n) is 15.9. The number of aromatic nitrogens is 2. The average Bonchev–Trinajstić information content (AvgIpc) is 3.58. The van der Waals surface area contributed by atoms with E-state index in [9.17, 15) is 9.18 Å². The molecular weight excluding hydrogens is 541 g/mol. The van der Waals surface area contributed by atoms with E-state index in [0.717, 1.165) is 50.3 Å². The number of carbonyl (C=O) groups excluding carboxylic acids is 1. The Morgan fingerprint density at radius 2 is 1.93 bits per heavy atom. The number of nitrogens with zero attached hydrogens (tertiary/aromatic N) is 5. The molecule has 1 aliphatic rings. The lowest BCUT2D eigenvalue weighted by Gasteiger charge is -2.32. The van der Waals surface area contributed by atoms with E-state index in [4.69, 9.17) is 4.74 Å². The van der Waals surface area contributed by atoms with Gasteiger partial charge in [-0.05, 0) is 108 Å². The van der Waals surface area contributed by atoms with Crippen LogP contribution in [0.15, 0.2) is 36.8 Å². The van der Waals surface area contributed by atoms with Gasteiger partial charge in [0.05, 0.1) is 29.6 Å². The summed E-state index contributed by atoms with van der Waals surface area (Å²) in [5.41, 5.74) is 4.39. The molecule has 1 unspecified atom stereocenters. The quantitative estimate of drug-likeness (QED) is 0.223. The van der Waals surface area contributed by atoms with Gasteiger partial charge in [-0.2, -0.15) is 0 Å². The van der Waals surface area contributed by atoms with Crippen molar-refractivity contribution in [3.63, 3.8) is 0 Å². The molecule has 0 aliphatic carbocycles. The van der Waals surface area contributed by atoms with E-state index in [0.29, 0.717) is 29.1 Å². The minimum absolute atomic E-state index is 0.000963. The standard InChI is InChI=1S/C35H52FN5O2/c1-24(2)31(10-9-14-38(6)16-17-43-8)40-15-13-27(22-40)18-28-23-41(33-21-37-20-26(5)34(28)33)32-12-11-29(36)19-30(32)35(42)39(7)25(3)4/h11-12,19-21,23-25,27,31H,9-10,13-18,22H2,1-8H3/t27-,31?/m1/s1. The van der Waals surface area contributed by atoms with Crippen LogP contribution in [0.4, 0.5) is 4.39 Å². The fourth-order valence-corrected chi connectivity index (χ4v) is 6.62. The van der Waals surface area contributed by atoms with Crippen LogP contribution < -0.4 is 0 Å². The van der Waals surface area contributed by atoms with E-state index in [1.807, 2.05) is 26.2 Å². The van der Waals surface area contributed by atoms with Gasteiger partial charge < -0.3 is 19.1 Å². The number of carbonyl (C=O) groups is 1. The molecule has 0 bridgehead atoms. The molecule has 1 amide bonds. The number of hydrogen-bond acceptors (Lipinski definition) is 5. The largest absolute Gasteiger partial charge is 0.383 e. The van der Waals surface area contributed by atoms with Gasteiger partial charge in [-0.3, -0.25) is 14.7 Å². The van der Waals surface area contributed by atoms with Crippen molar-refractivity contribution in [3.05, 3.63) is 59.3 Å². The SMILES string of the molecule is COCCN(C)CCCC(C(C)C)N1CC[C@H](Cc2cn(-c3ccc(F)cc3C(=O)N(C)C(C)C)c3cncc(C)c23)C1. The predicted octanol–water partition coefficient (Wildman–Crippen LogP) is 6.20. The third-order valence-electron chi connectivity index (χ3n) is 9.31. The molecule has 3 aromatic rings. The Morgan fingerprint density at radius 1 is 1.16 bits per heavy atom. The number of halogens is 1. The molecule has 236 valence electrons. The molecule has 0 saturated carbocycles. The number of fused-ring (bicyclic) bond motifs is 1. The number of likely N-dealkylation sites (tertiary alicyclic amines) is 1. The van der Waals surface area contributed by atoms with Gasteiger partial charge in [-0.1, -0.05) is 13.8 Å². The maximum atomic E-state index is 14.5. The molecule has 8 heteroatoms. The Morgan fingerprint density at radius 3 is 2.63 bits per heavy atom. The van der Waals surface area contributed by atoms with Crippen molar-refractivity contribution in [2.24, 2.45) is 11.8 Å². The van der Waals surface area contributed by atoms with E-state index in [2.05, 4.69) is 53.4 Å². The lowest BCUT2D eigenvalue weighted by atomic mass is 9.96. The molecule has 2 atom stereocenters. The van der Waals surface area contributed by atoms with Crippen molar-refractivity contribution in [1.29, 1.82) is 0 Å². The smallest absolute Gasteiger partial charge is 0.256 e. The van der Waals surface area contributed by atoms with Crippen molar-refractivity contribution in [2.75, 3.05) is 54.0 Å². The third-order valence-corrected chi connectivity index (χ3v) is 9.31. The van der Waals surface area contributed by atoms with Crippen LogP contribution in [0, 0.1) is 24.6 Å². The van der Waals surface area contributed by atoms with Crippen LogP contribution in [0.25, 0.3) is 16.6 Å². The highest BCUT2D eigenvalue weighted by Gasteiger charge is 2.31. The van der Waals surface area contributed by atoms with Crippen molar-refractivity contribution in [1.82, 2.24) is 24.3 Å². The molecule has 1 saturated heterocycles. The van der Waals surface area contributed by atoms with Gasteiger partial charge in [0.2, 0.25) is 0 Å². The second kappa shape index (κ2) is 14.8. The van der Waals surface area contributed by atoms with Gasteiger partial charge in [-0.25, -0.2) is 4.39 Å². The Kier molecular flexibility index (Phi) is 11.4. The summed E-state index contributed by atoms with van der Waals surface area (Å²) >= 11 is 0. The second-order valence-electron chi connectivity index (χ2n) is 13.1. The minimum Gasteiger partial charge on any atom is -0.383 e. The van der Waals surface area contributed by atoms with Crippen molar-refractivity contribution in [2.45, 2.75) is 72.4 Å². The van der Waals surface area contributed by atoms with E-state index < -0.39 is 5.82 Å². The zero-order chi connectivity index (χ0) is 31.3. The van der Waals surface area contributed by atoms with Crippen molar-refractivity contribution in [3.8, 4) is 5.69 Å². The highest BCUT2D eigenvalue weighted by molar-refractivity contribution is 5.99. The van der Waals surface area contributed by atoms with Gasteiger partial charge in [0.25, 0.3) is 5.91 Å². The number of rotatable bonds is 14. The second-order valence-corrected chi connectivity index (χ2v) is 13.1. The molecule has 7 nitrogen and oxygen atoms in total. The highest BCUT2D eigenvalue weighted by Crippen LogP contribution is 2.34. The van der Waals surface area contributed by atoms with Crippen LogP contribution in [0.3, 0.4) is 0 Å². The van der Waals surface area contributed by atoms with Gasteiger partial charge in [0, 0.05) is 57.1 Å². The molecule has 43 heavy (non-hydrogen) atoms. The number of ether oxygens (including phenoxy) is 1. The molecule has 1 aliphatic heterocycles. The lowest BCUT2D eigenvalue weighted by molar-refractivity contribution is 0.0754. The monoisotopic (exact) mass is 593 g/mol. The third kappa shape index (κ3) is 7.83. The summed E-state index contributed by atoms with van der Waals surface area (Å²) in [6, 6.07) is 5.10. The first kappa shape index (κ1) is 33.1. The normalized spacial score (nSPS) is 16.7. The van der Waals surface area contributed by atoms with Gasteiger partial charge in [0.15, 0.2) is 0 Å². The number of benzene rings is 1. The summed E-state index contributed by atoms with van der Waals surface area (Å²) in [7, 11) is 5.70. The number of pyridine rings is 1. The summed E-state index contributed by atoms with van der Waals surface area (Å²) in [6.07, 6.45) is 10.5. The van der Waals surface area contributed by atoms with E-state index in [-0.39, 0.29) is 11.9 Å². The summed E-state index contributed by atoms with van der Waals surface area (Å²) < 4.78 is 21.7. The Bertz CT molecular complexity index is 1370. The van der Waals surface area contributed by atoms with E-state index >= 15 is 0 Å². The first-order valence-corrected chi connectivity index (χ1v) is 15.9. The van der Waals surface area contributed by atoms with Gasteiger partial charge in [-0.15, -0.1) is 0 Å².